The average molecular weight is 462 g/mol. The summed E-state index contributed by atoms with van der Waals surface area (Å²) in [5.74, 6) is -0.596. The molecule has 33 heavy (non-hydrogen) atoms. The first-order chi connectivity index (χ1) is 15.6. The molecular weight excluding hydrogens is 441 g/mol. The van der Waals surface area contributed by atoms with Crippen molar-refractivity contribution in [1.29, 1.82) is 5.26 Å². The maximum Gasteiger partial charge on any atom is 0.184 e. The van der Waals surface area contributed by atoms with Crippen LogP contribution < -0.4 is 5.73 Å². The van der Waals surface area contributed by atoms with Crippen LogP contribution in [-0.2, 0) is 0 Å². The van der Waals surface area contributed by atoms with Crippen LogP contribution in [0.5, 0.6) is 5.75 Å². The van der Waals surface area contributed by atoms with E-state index >= 15 is 0 Å². The number of nitrogens with two attached hydrogens (primary N) is 1. The van der Waals surface area contributed by atoms with Crippen molar-refractivity contribution in [2.45, 2.75) is 25.7 Å². The highest BCUT2D eigenvalue weighted by atomic mass is 35.5. The molecule has 0 radical (unpaired) electrons. The van der Waals surface area contributed by atoms with Crippen molar-refractivity contribution in [3.05, 3.63) is 65.5 Å². The second-order valence-electron chi connectivity index (χ2n) is 7.87. The van der Waals surface area contributed by atoms with E-state index in [0.29, 0.717) is 10.9 Å². The predicted molar refractivity (Wildman–Crippen MR) is 129 cm³/mol. The highest BCUT2D eigenvalue weighted by molar-refractivity contribution is 6.04. The molecule has 2 aromatic carbocycles. The van der Waals surface area contributed by atoms with E-state index in [4.69, 9.17) is 5.73 Å². The highest BCUT2D eigenvalue weighted by Crippen LogP contribution is 2.40. The SMILES string of the molecule is Cl.N#Cc1c(-c2ccc(O)cc2F)nc2n[nH]c(N)c2c1-c1ccc(C2=CCCCC2)cc1. The van der Waals surface area contributed by atoms with Gasteiger partial charge in [0.25, 0.3) is 0 Å². The molecule has 0 bridgehead atoms. The van der Waals surface area contributed by atoms with Crippen LogP contribution in [0.25, 0.3) is 39.0 Å². The number of H-pyrrole nitrogens is 1. The van der Waals surface area contributed by atoms with Crippen LogP contribution in [0.2, 0.25) is 0 Å². The minimum atomic E-state index is -0.678. The largest absolute Gasteiger partial charge is 0.508 e. The van der Waals surface area contributed by atoms with E-state index in [9.17, 15) is 14.8 Å². The molecule has 0 amide bonds. The minimum Gasteiger partial charge on any atom is -0.508 e. The van der Waals surface area contributed by atoms with Crippen LogP contribution in [0.15, 0.2) is 48.5 Å². The van der Waals surface area contributed by atoms with Crippen molar-refractivity contribution >= 4 is 34.8 Å². The van der Waals surface area contributed by atoms with Crippen molar-refractivity contribution in [1.82, 2.24) is 15.2 Å². The molecule has 1 aliphatic carbocycles. The number of nitrogen functional groups attached to an aromatic ring is 1. The number of fused-ring (bicyclic) bond motifs is 1. The summed E-state index contributed by atoms with van der Waals surface area (Å²) in [6.07, 6.45) is 6.83. The number of aromatic nitrogens is 3. The zero-order chi connectivity index (χ0) is 22.2. The third-order valence-corrected chi connectivity index (χ3v) is 5.88. The number of nitriles is 1. The van der Waals surface area contributed by atoms with Gasteiger partial charge in [-0.05, 0) is 54.5 Å². The van der Waals surface area contributed by atoms with Crippen molar-refractivity contribution < 1.29 is 9.50 Å². The molecule has 8 heteroatoms. The normalized spacial score (nSPS) is 13.3. The zero-order valence-corrected chi connectivity index (χ0v) is 18.4. The van der Waals surface area contributed by atoms with Gasteiger partial charge in [0.05, 0.1) is 16.6 Å². The Kier molecular flexibility index (Phi) is 6.03. The van der Waals surface area contributed by atoms with Gasteiger partial charge in [0.2, 0.25) is 0 Å². The summed E-state index contributed by atoms with van der Waals surface area (Å²) in [5.41, 5.74) is 10.7. The average Bonchev–Trinajstić information content (AvgIpc) is 3.19. The summed E-state index contributed by atoms with van der Waals surface area (Å²) in [5, 5.41) is 27.1. The number of benzene rings is 2. The molecule has 2 aromatic heterocycles. The second-order valence-corrected chi connectivity index (χ2v) is 7.87. The zero-order valence-electron chi connectivity index (χ0n) is 17.6. The Morgan fingerprint density at radius 2 is 1.85 bits per heavy atom. The number of anilines is 1. The third-order valence-electron chi connectivity index (χ3n) is 5.88. The summed E-state index contributed by atoms with van der Waals surface area (Å²) >= 11 is 0. The summed E-state index contributed by atoms with van der Waals surface area (Å²) in [4.78, 5) is 4.43. The molecule has 0 spiro atoms. The van der Waals surface area contributed by atoms with Crippen molar-refractivity contribution in [3.8, 4) is 34.2 Å². The maximum atomic E-state index is 14.7. The molecule has 166 valence electrons. The number of rotatable bonds is 3. The molecule has 0 fully saturated rings. The van der Waals surface area contributed by atoms with Gasteiger partial charge in [-0.2, -0.15) is 10.4 Å². The van der Waals surface area contributed by atoms with Crippen LogP contribution in [0, 0.1) is 17.1 Å². The first-order valence-corrected chi connectivity index (χ1v) is 10.4. The molecule has 5 rings (SSSR count). The van der Waals surface area contributed by atoms with E-state index in [0.717, 1.165) is 30.0 Å². The van der Waals surface area contributed by atoms with Crippen molar-refractivity contribution in [2.75, 3.05) is 5.73 Å². The van der Waals surface area contributed by atoms with Crippen LogP contribution in [-0.4, -0.2) is 20.3 Å². The Labute approximate surface area is 196 Å². The quantitative estimate of drug-likeness (QED) is 0.348. The van der Waals surface area contributed by atoms with Gasteiger partial charge in [0.1, 0.15) is 23.5 Å². The van der Waals surface area contributed by atoms with E-state index in [1.807, 2.05) is 24.3 Å². The molecule has 0 saturated carbocycles. The number of aromatic amines is 1. The number of allylic oxidation sites excluding steroid dienone is 2. The van der Waals surface area contributed by atoms with Gasteiger partial charge >= 0.3 is 0 Å². The molecule has 1 aliphatic rings. The summed E-state index contributed by atoms with van der Waals surface area (Å²) in [6, 6.07) is 13.9. The topological polar surface area (TPSA) is 112 Å². The van der Waals surface area contributed by atoms with E-state index in [1.165, 1.54) is 30.5 Å². The summed E-state index contributed by atoms with van der Waals surface area (Å²) in [6.45, 7) is 0. The Morgan fingerprint density at radius 1 is 1.09 bits per heavy atom. The number of hydrogen-bond donors (Lipinski definition) is 3. The number of hydrogen-bond acceptors (Lipinski definition) is 5. The lowest BCUT2D eigenvalue weighted by molar-refractivity contribution is 0.469. The molecule has 4 N–H and O–H groups in total. The summed E-state index contributed by atoms with van der Waals surface area (Å²) in [7, 11) is 0. The van der Waals surface area contributed by atoms with Crippen LogP contribution >= 0.6 is 12.4 Å². The van der Waals surface area contributed by atoms with Crippen LogP contribution in [0.1, 0.15) is 36.8 Å². The number of nitrogens with one attached hydrogen (secondary N) is 1. The van der Waals surface area contributed by atoms with Crippen LogP contribution in [0.4, 0.5) is 10.2 Å². The second kappa shape index (κ2) is 8.93. The Morgan fingerprint density at radius 3 is 2.52 bits per heavy atom. The number of halogens is 2. The Hall–Kier alpha value is -3.89. The van der Waals surface area contributed by atoms with E-state index in [2.05, 4.69) is 27.3 Å². The third kappa shape index (κ3) is 3.90. The standard InChI is InChI=1S/C25H20FN5O.ClH/c26-20-12-17(32)10-11-18(20)23-19(13-27)21(22-24(28)30-31-25(22)29-23)16-8-6-15(7-9-16)14-4-2-1-3-5-14;/h4,6-12,32H,1-3,5H2,(H3,28,29,30,31);1H. The maximum absolute atomic E-state index is 14.7. The van der Waals surface area contributed by atoms with E-state index < -0.39 is 5.82 Å². The number of phenols is 1. The first-order valence-electron chi connectivity index (χ1n) is 10.4. The lowest BCUT2D eigenvalue weighted by atomic mass is 9.90. The highest BCUT2D eigenvalue weighted by Gasteiger charge is 2.23. The first kappa shape index (κ1) is 22.3. The molecular formula is C25H21ClFN5O. The fourth-order valence-electron chi connectivity index (χ4n) is 4.32. The van der Waals surface area contributed by atoms with E-state index in [1.54, 1.807) is 0 Å². The molecule has 0 unspecified atom stereocenters. The fourth-order valence-corrected chi connectivity index (χ4v) is 4.32. The predicted octanol–water partition coefficient (Wildman–Crippen LogP) is 5.97. The van der Waals surface area contributed by atoms with Crippen molar-refractivity contribution in [2.24, 2.45) is 0 Å². The number of nitrogens with zero attached hydrogens (tertiary/aromatic N) is 3. The molecule has 0 aliphatic heterocycles. The molecule has 0 saturated heterocycles. The number of pyridine rings is 1. The molecule has 6 nitrogen and oxygen atoms in total. The van der Waals surface area contributed by atoms with Gasteiger partial charge < -0.3 is 10.8 Å². The minimum absolute atomic E-state index is 0. The fraction of sp³-hybridized carbons (Fsp3) is 0.160. The number of phenolic OH excluding ortho intramolecular Hbond substituents is 1. The lowest BCUT2D eigenvalue weighted by Crippen LogP contribution is -1.99. The Bertz CT molecular complexity index is 1420. The molecule has 4 aromatic rings. The van der Waals surface area contributed by atoms with Crippen molar-refractivity contribution in [3.63, 3.8) is 0 Å². The van der Waals surface area contributed by atoms with Crippen LogP contribution in [0.3, 0.4) is 0 Å². The lowest BCUT2D eigenvalue weighted by Gasteiger charge is -2.15. The summed E-state index contributed by atoms with van der Waals surface area (Å²) < 4.78 is 14.7. The van der Waals surface area contributed by atoms with Gasteiger partial charge in [0, 0.05) is 17.2 Å². The molecule has 0 atom stereocenters. The Balaban J connectivity index is 0.00000259. The smallest absolute Gasteiger partial charge is 0.184 e. The van der Waals surface area contributed by atoms with Gasteiger partial charge in [0.15, 0.2) is 5.65 Å². The van der Waals surface area contributed by atoms with Gasteiger partial charge in [-0.25, -0.2) is 9.37 Å². The van der Waals surface area contributed by atoms with E-state index in [-0.39, 0.29) is 46.4 Å². The van der Waals surface area contributed by atoms with Gasteiger partial charge in [-0.15, -0.1) is 12.4 Å². The van der Waals surface area contributed by atoms with Gasteiger partial charge in [-0.1, -0.05) is 30.3 Å². The van der Waals surface area contributed by atoms with Gasteiger partial charge in [-0.3, -0.25) is 5.10 Å². The number of aromatic hydroxyl groups is 1. The monoisotopic (exact) mass is 461 g/mol. The molecule has 2 heterocycles.